The highest BCUT2D eigenvalue weighted by atomic mass is 35.5. The van der Waals surface area contributed by atoms with Gasteiger partial charge in [-0.05, 0) is 68.3 Å². The van der Waals surface area contributed by atoms with Crippen LogP contribution in [0.2, 0.25) is 5.02 Å². The summed E-state index contributed by atoms with van der Waals surface area (Å²) < 4.78 is 13.6. The van der Waals surface area contributed by atoms with Gasteiger partial charge in [-0.25, -0.2) is 4.39 Å². The van der Waals surface area contributed by atoms with Crippen molar-refractivity contribution in [2.75, 3.05) is 19.6 Å². The van der Waals surface area contributed by atoms with Gasteiger partial charge in [0, 0.05) is 23.5 Å². The van der Waals surface area contributed by atoms with Crippen LogP contribution in [0.1, 0.15) is 43.5 Å². The normalized spacial score (nSPS) is 20.7. The second-order valence-corrected chi connectivity index (χ2v) is 7.79. The standard InChI is InChI=1S/C22H24ClFN4/c1-15-20(14-28-11-5-2-6-12-28)26-22(19-7-3-4-10-25-19)27-21(15)17-9-8-16(24)13-18(17)23/h3-4,7-10,13,21H,2,5-6,11-12,14H2,1H3,(H,26,27). The number of aromatic nitrogens is 1. The predicted molar refractivity (Wildman–Crippen MR) is 111 cm³/mol. The van der Waals surface area contributed by atoms with Gasteiger partial charge in [-0.3, -0.25) is 14.9 Å². The second-order valence-electron chi connectivity index (χ2n) is 7.38. The van der Waals surface area contributed by atoms with Crippen molar-refractivity contribution in [3.05, 3.63) is 76.0 Å². The minimum absolute atomic E-state index is 0.258. The Morgan fingerprint density at radius 2 is 2.00 bits per heavy atom. The molecule has 0 spiro atoms. The SMILES string of the molecule is CC1=C(CN2CCCCC2)NC(c2ccccn2)=NC1c1ccc(F)cc1Cl. The quantitative estimate of drug-likeness (QED) is 0.809. The first kappa shape index (κ1) is 19.1. The van der Waals surface area contributed by atoms with Crippen molar-refractivity contribution in [1.29, 1.82) is 0 Å². The van der Waals surface area contributed by atoms with Gasteiger partial charge >= 0.3 is 0 Å². The van der Waals surface area contributed by atoms with E-state index in [1.54, 1.807) is 12.3 Å². The fraction of sp³-hybridized carbons (Fsp3) is 0.364. The van der Waals surface area contributed by atoms with Crippen LogP contribution in [0.5, 0.6) is 0 Å². The first-order chi connectivity index (χ1) is 13.6. The number of likely N-dealkylation sites (tertiary alicyclic amines) is 1. The molecule has 3 heterocycles. The van der Waals surface area contributed by atoms with Crippen molar-refractivity contribution >= 4 is 17.4 Å². The molecule has 1 unspecified atom stereocenters. The van der Waals surface area contributed by atoms with Crippen molar-refractivity contribution in [2.45, 2.75) is 32.2 Å². The van der Waals surface area contributed by atoms with Crippen LogP contribution in [0.25, 0.3) is 0 Å². The largest absolute Gasteiger partial charge is 0.341 e. The van der Waals surface area contributed by atoms with Crippen LogP contribution in [-0.4, -0.2) is 35.4 Å². The molecule has 6 heteroatoms. The molecule has 2 aromatic rings. The number of piperidine rings is 1. The fourth-order valence-corrected chi connectivity index (χ4v) is 4.10. The van der Waals surface area contributed by atoms with Gasteiger partial charge < -0.3 is 5.32 Å². The lowest BCUT2D eigenvalue weighted by atomic mass is 9.96. The van der Waals surface area contributed by atoms with Gasteiger partial charge in [-0.15, -0.1) is 0 Å². The van der Waals surface area contributed by atoms with Crippen LogP contribution in [0.15, 0.2) is 58.9 Å². The van der Waals surface area contributed by atoms with Crippen LogP contribution in [0, 0.1) is 5.82 Å². The molecule has 2 aliphatic heterocycles. The predicted octanol–water partition coefficient (Wildman–Crippen LogP) is 4.73. The van der Waals surface area contributed by atoms with E-state index in [0.29, 0.717) is 5.02 Å². The van der Waals surface area contributed by atoms with E-state index in [9.17, 15) is 4.39 Å². The molecule has 2 aliphatic rings. The Morgan fingerprint density at radius 1 is 1.18 bits per heavy atom. The Morgan fingerprint density at radius 3 is 2.71 bits per heavy atom. The van der Waals surface area contributed by atoms with E-state index >= 15 is 0 Å². The number of pyridine rings is 1. The molecule has 1 fully saturated rings. The molecular formula is C22H24ClFN4. The molecule has 1 aromatic carbocycles. The molecule has 1 aromatic heterocycles. The lowest BCUT2D eigenvalue weighted by Gasteiger charge is -2.32. The molecule has 28 heavy (non-hydrogen) atoms. The molecule has 146 valence electrons. The Bertz CT molecular complexity index is 904. The molecule has 0 amide bonds. The highest BCUT2D eigenvalue weighted by Gasteiger charge is 2.27. The van der Waals surface area contributed by atoms with E-state index in [1.807, 2.05) is 18.2 Å². The van der Waals surface area contributed by atoms with E-state index in [1.165, 1.54) is 31.4 Å². The number of nitrogens with zero attached hydrogens (tertiary/aromatic N) is 3. The molecule has 1 saturated heterocycles. The Labute approximate surface area is 170 Å². The second kappa shape index (κ2) is 8.41. The van der Waals surface area contributed by atoms with Crippen LogP contribution >= 0.6 is 11.6 Å². The third kappa shape index (κ3) is 4.10. The molecule has 0 radical (unpaired) electrons. The topological polar surface area (TPSA) is 40.5 Å². The summed E-state index contributed by atoms with van der Waals surface area (Å²) in [6, 6.07) is 10.0. The van der Waals surface area contributed by atoms with Crippen molar-refractivity contribution in [3.63, 3.8) is 0 Å². The summed E-state index contributed by atoms with van der Waals surface area (Å²) in [5.74, 6) is 0.385. The number of benzene rings is 1. The molecule has 1 N–H and O–H groups in total. The number of hydrogen-bond acceptors (Lipinski definition) is 4. The van der Waals surface area contributed by atoms with Gasteiger partial charge in [0.2, 0.25) is 0 Å². The maximum Gasteiger partial charge on any atom is 0.152 e. The average molecular weight is 399 g/mol. The van der Waals surface area contributed by atoms with E-state index in [2.05, 4.69) is 22.1 Å². The maximum absolute atomic E-state index is 13.6. The van der Waals surface area contributed by atoms with Crippen molar-refractivity contribution < 1.29 is 4.39 Å². The van der Waals surface area contributed by atoms with Crippen molar-refractivity contribution in [1.82, 2.24) is 15.2 Å². The number of nitrogens with one attached hydrogen (secondary N) is 1. The molecule has 0 saturated carbocycles. The number of amidine groups is 1. The van der Waals surface area contributed by atoms with Crippen LogP contribution < -0.4 is 5.32 Å². The minimum Gasteiger partial charge on any atom is -0.341 e. The third-order valence-corrected chi connectivity index (χ3v) is 5.74. The monoisotopic (exact) mass is 398 g/mol. The van der Waals surface area contributed by atoms with E-state index in [4.69, 9.17) is 16.6 Å². The molecular weight excluding hydrogens is 375 g/mol. The fourth-order valence-electron chi connectivity index (χ4n) is 3.83. The summed E-state index contributed by atoms with van der Waals surface area (Å²) in [5.41, 5.74) is 3.84. The zero-order valence-electron chi connectivity index (χ0n) is 16.0. The lowest BCUT2D eigenvalue weighted by Crippen LogP contribution is -2.39. The Balaban J connectivity index is 1.72. The maximum atomic E-state index is 13.6. The first-order valence-corrected chi connectivity index (χ1v) is 10.1. The van der Waals surface area contributed by atoms with Gasteiger partial charge in [0.1, 0.15) is 17.6 Å². The highest BCUT2D eigenvalue weighted by molar-refractivity contribution is 6.31. The van der Waals surface area contributed by atoms with Crippen LogP contribution in [0.4, 0.5) is 4.39 Å². The van der Waals surface area contributed by atoms with E-state index in [0.717, 1.165) is 48.0 Å². The number of hydrogen-bond donors (Lipinski definition) is 1. The highest BCUT2D eigenvalue weighted by Crippen LogP contribution is 2.35. The molecule has 4 nitrogen and oxygen atoms in total. The van der Waals surface area contributed by atoms with Crippen LogP contribution in [0.3, 0.4) is 0 Å². The smallest absolute Gasteiger partial charge is 0.152 e. The van der Waals surface area contributed by atoms with Crippen molar-refractivity contribution in [2.24, 2.45) is 4.99 Å². The molecule has 1 atom stereocenters. The first-order valence-electron chi connectivity index (χ1n) is 9.75. The molecule has 0 bridgehead atoms. The minimum atomic E-state index is -0.341. The summed E-state index contributed by atoms with van der Waals surface area (Å²) in [7, 11) is 0. The Hall–Kier alpha value is -2.24. The summed E-state index contributed by atoms with van der Waals surface area (Å²) in [6.45, 7) is 5.13. The summed E-state index contributed by atoms with van der Waals surface area (Å²) >= 11 is 6.38. The summed E-state index contributed by atoms with van der Waals surface area (Å²) in [5, 5.41) is 3.90. The lowest BCUT2D eigenvalue weighted by molar-refractivity contribution is 0.243. The van der Waals surface area contributed by atoms with Gasteiger partial charge in [0.05, 0.1) is 0 Å². The number of halogens is 2. The van der Waals surface area contributed by atoms with E-state index < -0.39 is 0 Å². The summed E-state index contributed by atoms with van der Waals surface area (Å²) in [4.78, 5) is 11.8. The van der Waals surface area contributed by atoms with Crippen LogP contribution in [-0.2, 0) is 0 Å². The zero-order valence-corrected chi connectivity index (χ0v) is 16.7. The van der Waals surface area contributed by atoms with Crippen molar-refractivity contribution in [3.8, 4) is 0 Å². The zero-order chi connectivity index (χ0) is 19.5. The van der Waals surface area contributed by atoms with E-state index in [-0.39, 0.29) is 11.9 Å². The van der Waals surface area contributed by atoms with Gasteiger partial charge in [-0.1, -0.05) is 30.2 Å². The molecule has 0 aliphatic carbocycles. The van der Waals surface area contributed by atoms with Gasteiger partial charge in [0.15, 0.2) is 5.84 Å². The Kier molecular flexibility index (Phi) is 5.74. The number of aliphatic imine (C=N–C) groups is 1. The third-order valence-electron chi connectivity index (χ3n) is 5.41. The summed E-state index contributed by atoms with van der Waals surface area (Å²) in [6.07, 6.45) is 5.53. The molecule has 4 rings (SSSR count). The van der Waals surface area contributed by atoms with Gasteiger partial charge in [-0.2, -0.15) is 0 Å². The van der Waals surface area contributed by atoms with Gasteiger partial charge in [0.25, 0.3) is 0 Å². The number of rotatable bonds is 4. The average Bonchev–Trinajstić information content (AvgIpc) is 2.71.